The Labute approximate surface area is 210 Å². The van der Waals surface area contributed by atoms with Crippen molar-refractivity contribution in [3.8, 4) is 0 Å². The molecule has 1 N–H and O–H groups in total. The minimum Gasteiger partial charge on any atom is -0.381 e. The molecule has 1 aliphatic carbocycles. The van der Waals surface area contributed by atoms with Gasteiger partial charge in [-0.15, -0.1) is 0 Å². The zero-order chi connectivity index (χ0) is 24.3. The Bertz CT molecular complexity index is 911. The predicted molar refractivity (Wildman–Crippen MR) is 136 cm³/mol. The summed E-state index contributed by atoms with van der Waals surface area (Å²) in [7, 11) is -1.34. The average molecular weight is 507 g/mol. The lowest BCUT2D eigenvalue weighted by molar-refractivity contribution is 0.0466. The number of nitrogens with one attached hydrogen (secondary N) is 1. The molecule has 1 aromatic heterocycles. The Hall–Kier alpha value is -1.26. The Morgan fingerprint density at radius 2 is 1.77 bits per heavy atom. The molecule has 4 aliphatic rings. The van der Waals surface area contributed by atoms with Gasteiger partial charge in [-0.2, -0.15) is 0 Å². The van der Waals surface area contributed by atoms with Crippen LogP contribution in [0.1, 0.15) is 57.8 Å². The molecule has 1 aromatic rings. The molecule has 8 nitrogen and oxygen atoms in total. The third kappa shape index (κ3) is 6.18. The normalized spacial score (nSPS) is 28.1. The number of hydrogen-bond acceptors (Lipinski definition) is 7. The number of piperidine rings is 1. The van der Waals surface area contributed by atoms with Crippen LogP contribution in [0.15, 0.2) is 23.2 Å². The maximum absolute atomic E-state index is 13.0. The average Bonchev–Trinajstić information content (AvgIpc) is 3.33. The van der Waals surface area contributed by atoms with Gasteiger partial charge in [-0.25, -0.2) is 18.1 Å². The maximum atomic E-state index is 13.0. The van der Waals surface area contributed by atoms with Crippen molar-refractivity contribution in [3.63, 3.8) is 0 Å². The van der Waals surface area contributed by atoms with Crippen molar-refractivity contribution in [2.24, 2.45) is 11.3 Å². The smallest absolute Gasteiger partial charge is 0.242 e. The molecule has 0 amide bonds. The number of aromatic nitrogens is 1. The quantitative estimate of drug-likeness (QED) is 0.609. The Morgan fingerprint density at radius 3 is 2.40 bits per heavy atom. The molecular weight excluding hydrogens is 464 g/mol. The summed E-state index contributed by atoms with van der Waals surface area (Å²) >= 11 is 0. The summed E-state index contributed by atoms with van der Waals surface area (Å²) < 4.78 is 40.1. The maximum Gasteiger partial charge on any atom is 0.242 e. The van der Waals surface area contributed by atoms with Crippen LogP contribution in [0.2, 0.25) is 0 Å². The van der Waals surface area contributed by atoms with Gasteiger partial charge in [-0.1, -0.05) is 0 Å². The first-order valence-corrected chi connectivity index (χ1v) is 15.0. The van der Waals surface area contributed by atoms with E-state index in [0.29, 0.717) is 11.5 Å². The molecule has 196 valence electrons. The highest BCUT2D eigenvalue weighted by atomic mass is 32.2. The molecule has 1 spiro atoms. The highest BCUT2D eigenvalue weighted by Gasteiger charge is 2.38. The second-order valence-corrected chi connectivity index (χ2v) is 13.0. The van der Waals surface area contributed by atoms with Crippen molar-refractivity contribution in [1.29, 1.82) is 0 Å². The molecule has 4 fully saturated rings. The molecule has 5 rings (SSSR count). The lowest BCUT2D eigenvalue weighted by atomic mass is 9.78. The van der Waals surface area contributed by atoms with E-state index in [2.05, 4.69) is 26.6 Å². The highest BCUT2D eigenvalue weighted by Crippen LogP contribution is 2.39. The Morgan fingerprint density at radius 1 is 1.03 bits per heavy atom. The van der Waals surface area contributed by atoms with Crippen LogP contribution >= 0.6 is 0 Å². The number of sulfonamides is 1. The van der Waals surface area contributed by atoms with Gasteiger partial charge in [0.05, 0.1) is 6.61 Å². The van der Waals surface area contributed by atoms with Crippen LogP contribution in [-0.4, -0.2) is 83.5 Å². The number of hydrogen-bond donors (Lipinski definition) is 1. The van der Waals surface area contributed by atoms with E-state index in [1.165, 1.54) is 6.20 Å². The largest absolute Gasteiger partial charge is 0.381 e. The van der Waals surface area contributed by atoms with Crippen molar-refractivity contribution in [2.45, 2.75) is 74.8 Å². The van der Waals surface area contributed by atoms with Crippen molar-refractivity contribution in [2.75, 3.05) is 58.0 Å². The first-order chi connectivity index (χ1) is 16.9. The van der Waals surface area contributed by atoms with Crippen molar-refractivity contribution in [3.05, 3.63) is 18.3 Å². The van der Waals surface area contributed by atoms with Gasteiger partial charge in [0.15, 0.2) is 0 Å². The SMILES string of the molecule is CN(CC1CCOCC1)[C@H]1CC[C@H](NS(=O)(=O)c2ccc(N3CCC4(CCOC4)CC3)nc2)CC1. The molecular formula is C26H42N4O4S. The van der Waals surface area contributed by atoms with Gasteiger partial charge in [0, 0.05) is 57.7 Å². The Balaban J connectivity index is 1.09. The minimum absolute atomic E-state index is 0.000628. The van der Waals surface area contributed by atoms with Crippen LogP contribution in [0.3, 0.4) is 0 Å². The summed E-state index contributed by atoms with van der Waals surface area (Å²) in [6, 6.07) is 4.11. The van der Waals surface area contributed by atoms with Crippen molar-refractivity contribution < 1.29 is 17.9 Å². The third-order valence-corrected chi connectivity index (χ3v) is 10.4. The second-order valence-electron chi connectivity index (χ2n) is 11.3. The molecule has 0 unspecified atom stereocenters. The zero-order valence-corrected chi connectivity index (χ0v) is 22.0. The van der Waals surface area contributed by atoms with Crippen LogP contribution in [0.5, 0.6) is 0 Å². The van der Waals surface area contributed by atoms with Gasteiger partial charge in [0.2, 0.25) is 10.0 Å². The minimum atomic E-state index is -3.56. The molecule has 3 aliphatic heterocycles. The molecule has 4 heterocycles. The van der Waals surface area contributed by atoms with E-state index in [0.717, 1.165) is 116 Å². The summed E-state index contributed by atoms with van der Waals surface area (Å²) in [6.45, 7) is 6.56. The number of anilines is 1. The van der Waals surface area contributed by atoms with Crippen LogP contribution in [0, 0.1) is 11.3 Å². The molecule has 3 saturated heterocycles. The molecule has 1 saturated carbocycles. The van der Waals surface area contributed by atoms with E-state index < -0.39 is 10.0 Å². The van der Waals surface area contributed by atoms with Gasteiger partial charge in [-0.05, 0) is 88.3 Å². The van der Waals surface area contributed by atoms with Gasteiger partial charge >= 0.3 is 0 Å². The fraction of sp³-hybridized carbons (Fsp3) is 0.808. The molecule has 0 bridgehead atoms. The Kier molecular flexibility index (Phi) is 7.99. The third-order valence-electron chi connectivity index (χ3n) is 8.89. The summed E-state index contributed by atoms with van der Waals surface area (Å²) in [4.78, 5) is 9.55. The highest BCUT2D eigenvalue weighted by molar-refractivity contribution is 7.89. The van der Waals surface area contributed by atoms with Crippen molar-refractivity contribution in [1.82, 2.24) is 14.6 Å². The van der Waals surface area contributed by atoms with Crippen LogP contribution in [-0.2, 0) is 19.5 Å². The van der Waals surface area contributed by atoms with Gasteiger partial charge < -0.3 is 19.3 Å². The van der Waals surface area contributed by atoms with E-state index in [4.69, 9.17) is 9.47 Å². The number of pyridine rings is 1. The summed E-state index contributed by atoms with van der Waals surface area (Å²) in [5.74, 6) is 1.59. The zero-order valence-electron chi connectivity index (χ0n) is 21.2. The monoisotopic (exact) mass is 506 g/mol. The molecule has 0 aromatic carbocycles. The molecule has 0 atom stereocenters. The van der Waals surface area contributed by atoms with E-state index in [1.807, 2.05) is 6.07 Å². The van der Waals surface area contributed by atoms with E-state index in [1.54, 1.807) is 6.07 Å². The lowest BCUT2D eigenvalue weighted by Gasteiger charge is -2.38. The summed E-state index contributed by atoms with van der Waals surface area (Å²) in [6.07, 6.45) is 11.0. The molecule has 9 heteroatoms. The lowest BCUT2D eigenvalue weighted by Crippen LogP contribution is -2.44. The van der Waals surface area contributed by atoms with E-state index in [-0.39, 0.29) is 10.9 Å². The molecule has 35 heavy (non-hydrogen) atoms. The van der Waals surface area contributed by atoms with Crippen LogP contribution in [0.25, 0.3) is 0 Å². The number of ether oxygens (including phenoxy) is 2. The number of nitrogens with zero attached hydrogens (tertiary/aromatic N) is 3. The first kappa shape index (κ1) is 25.4. The predicted octanol–water partition coefficient (Wildman–Crippen LogP) is 3.04. The standard InChI is InChI=1S/C26H42N4O4S/c1-29(19-21-8-15-33-16-9-21)23-4-2-22(3-5-23)28-35(31,32)24-6-7-25(27-18-24)30-13-10-26(11-14-30)12-17-34-20-26/h6-7,18,21-23,28H,2-5,8-17,19-20H2,1H3/t22-,23-. The van der Waals surface area contributed by atoms with Gasteiger partial charge in [0.1, 0.15) is 10.7 Å². The molecule has 0 radical (unpaired) electrons. The summed E-state index contributed by atoms with van der Waals surface area (Å²) in [5.41, 5.74) is 0.350. The summed E-state index contributed by atoms with van der Waals surface area (Å²) in [5, 5.41) is 0. The first-order valence-electron chi connectivity index (χ1n) is 13.5. The van der Waals surface area contributed by atoms with Gasteiger partial charge in [-0.3, -0.25) is 0 Å². The fourth-order valence-electron chi connectivity index (χ4n) is 6.38. The number of rotatable bonds is 7. The second kappa shape index (κ2) is 11.0. The van der Waals surface area contributed by atoms with Crippen LogP contribution < -0.4 is 9.62 Å². The van der Waals surface area contributed by atoms with Gasteiger partial charge in [0.25, 0.3) is 0 Å². The topological polar surface area (TPSA) is 84.0 Å². The van der Waals surface area contributed by atoms with E-state index in [9.17, 15) is 8.42 Å². The van der Waals surface area contributed by atoms with Crippen molar-refractivity contribution >= 4 is 15.8 Å². The van der Waals surface area contributed by atoms with Crippen LogP contribution in [0.4, 0.5) is 5.82 Å². The fourth-order valence-corrected chi connectivity index (χ4v) is 7.63. The van der Waals surface area contributed by atoms with E-state index >= 15 is 0 Å².